The Morgan fingerprint density at radius 2 is 1.93 bits per heavy atom. The molecule has 74 valence electrons. The molecule has 0 heterocycles. The van der Waals surface area contributed by atoms with Crippen LogP contribution in [0, 0.1) is 11.3 Å². The first-order valence-corrected chi connectivity index (χ1v) is 4.75. The number of benzene rings is 1. The lowest BCUT2D eigenvalue weighted by Crippen LogP contribution is -2.12. The van der Waals surface area contributed by atoms with Crippen LogP contribution in [0.3, 0.4) is 0 Å². The predicted octanol–water partition coefficient (Wildman–Crippen LogP) is 1.58. The Hall–Kier alpha value is -1.53. The molecule has 0 atom stereocenters. The molecule has 0 fully saturated rings. The summed E-state index contributed by atoms with van der Waals surface area (Å²) in [5.41, 5.74) is 1.77. The van der Waals surface area contributed by atoms with Crippen LogP contribution in [0.2, 0.25) is 0 Å². The third-order valence-electron chi connectivity index (χ3n) is 1.95. The van der Waals surface area contributed by atoms with Crippen molar-refractivity contribution < 1.29 is 0 Å². The number of nitriles is 1. The van der Waals surface area contributed by atoms with Crippen LogP contribution in [0.1, 0.15) is 12.0 Å². The lowest BCUT2D eigenvalue weighted by atomic mass is 10.2. The van der Waals surface area contributed by atoms with Crippen molar-refractivity contribution in [3.8, 4) is 6.07 Å². The van der Waals surface area contributed by atoms with Gasteiger partial charge >= 0.3 is 0 Å². The maximum atomic E-state index is 8.60. The summed E-state index contributed by atoms with van der Waals surface area (Å²) in [6.07, 6.45) is 1.09. The summed E-state index contributed by atoms with van der Waals surface area (Å²) in [6, 6.07) is 9.59. The first kappa shape index (κ1) is 10.6. The van der Waals surface area contributed by atoms with Gasteiger partial charge in [-0.1, -0.05) is 0 Å². The smallest absolute Gasteiger partial charge is 0.0991 e. The maximum absolute atomic E-state index is 8.60. The van der Waals surface area contributed by atoms with Gasteiger partial charge in [0.25, 0.3) is 0 Å². The predicted molar refractivity (Wildman–Crippen MR) is 58.2 cm³/mol. The first-order chi connectivity index (χ1) is 6.86. The molecule has 0 aliphatic rings. The molecule has 1 aromatic carbocycles. The van der Waals surface area contributed by atoms with Crippen LogP contribution in [-0.4, -0.2) is 20.1 Å². The average molecular weight is 189 g/mol. The molecule has 14 heavy (non-hydrogen) atoms. The van der Waals surface area contributed by atoms with E-state index in [1.165, 1.54) is 0 Å². The van der Waals surface area contributed by atoms with Crippen molar-refractivity contribution in [3.63, 3.8) is 0 Å². The fourth-order valence-electron chi connectivity index (χ4n) is 1.16. The monoisotopic (exact) mass is 189 g/mol. The lowest BCUT2D eigenvalue weighted by Gasteiger charge is -2.05. The number of hydrogen-bond acceptors (Lipinski definition) is 3. The number of nitrogens with zero attached hydrogens (tertiary/aromatic N) is 1. The summed E-state index contributed by atoms with van der Waals surface area (Å²) >= 11 is 0. The highest BCUT2D eigenvalue weighted by atomic mass is 14.9. The molecule has 0 saturated carbocycles. The summed E-state index contributed by atoms with van der Waals surface area (Å²) in [6.45, 7) is 1.97. The molecule has 0 saturated heterocycles. The van der Waals surface area contributed by atoms with E-state index in [1.54, 1.807) is 0 Å². The third kappa shape index (κ3) is 3.46. The summed E-state index contributed by atoms with van der Waals surface area (Å²) in [7, 11) is 1.95. The van der Waals surface area contributed by atoms with E-state index in [4.69, 9.17) is 5.26 Å². The van der Waals surface area contributed by atoms with Gasteiger partial charge in [-0.3, -0.25) is 0 Å². The normalized spacial score (nSPS) is 9.43. The summed E-state index contributed by atoms with van der Waals surface area (Å²) in [5.74, 6) is 0. The molecular formula is C11H15N3. The fraction of sp³-hybridized carbons (Fsp3) is 0.364. The van der Waals surface area contributed by atoms with Crippen molar-refractivity contribution in [1.82, 2.24) is 5.32 Å². The Bertz CT molecular complexity index is 297. The van der Waals surface area contributed by atoms with Crippen molar-refractivity contribution in [3.05, 3.63) is 29.8 Å². The molecule has 0 aromatic heterocycles. The number of hydrogen-bond donors (Lipinski definition) is 2. The van der Waals surface area contributed by atoms with E-state index in [0.29, 0.717) is 5.56 Å². The van der Waals surface area contributed by atoms with Crippen LogP contribution in [0.4, 0.5) is 5.69 Å². The van der Waals surface area contributed by atoms with E-state index in [-0.39, 0.29) is 0 Å². The second-order valence-electron chi connectivity index (χ2n) is 3.07. The molecule has 3 heteroatoms. The molecule has 0 amide bonds. The highest BCUT2D eigenvalue weighted by Gasteiger charge is 1.92. The minimum atomic E-state index is 0.700. The van der Waals surface area contributed by atoms with E-state index in [0.717, 1.165) is 25.2 Å². The van der Waals surface area contributed by atoms with Gasteiger partial charge in [0.2, 0.25) is 0 Å². The molecule has 2 N–H and O–H groups in total. The van der Waals surface area contributed by atoms with Crippen molar-refractivity contribution in [2.75, 3.05) is 25.5 Å². The standard InChI is InChI=1S/C11H15N3/c1-13-7-2-8-14-11-5-3-10(9-12)4-6-11/h3-6,13-14H,2,7-8H2,1H3. The molecule has 0 radical (unpaired) electrons. The molecular weight excluding hydrogens is 174 g/mol. The minimum absolute atomic E-state index is 0.700. The zero-order valence-electron chi connectivity index (χ0n) is 8.38. The molecule has 0 bridgehead atoms. The quantitative estimate of drug-likeness (QED) is 0.691. The number of nitrogens with one attached hydrogen (secondary N) is 2. The van der Waals surface area contributed by atoms with E-state index < -0.39 is 0 Å². The van der Waals surface area contributed by atoms with E-state index in [9.17, 15) is 0 Å². The number of rotatable bonds is 5. The summed E-state index contributed by atoms with van der Waals surface area (Å²) < 4.78 is 0. The van der Waals surface area contributed by atoms with Gasteiger partial charge in [-0.2, -0.15) is 5.26 Å². The van der Waals surface area contributed by atoms with Gasteiger partial charge in [0.1, 0.15) is 0 Å². The van der Waals surface area contributed by atoms with Crippen LogP contribution >= 0.6 is 0 Å². The Morgan fingerprint density at radius 1 is 1.21 bits per heavy atom. The highest BCUT2D eigenvalue weighted by molar-refractivity contribution is 5.46. The third-order valence-corrected chi connectivity index (χ3v) is 1.95. The van der Waals surface area contributed by atoms with Crippen molar-refractivity contribution in [2.24, 2.45) is 0 Å². The average Bonchev–Trinajstić information content (AvgIpc) is 2.25. The summed E-state index contributed by atoms with van der Waals surface area (Å²) in [5, 5.41) is 15.0. The Kier molecular flexibility index (Phi) is 4.53. The SMILES string of the molecule is CNCCCNc1ccc(C#N)cc1. The highest BCUT2D eigenvalue weighted by Crippen LogP contribution is 2.08. The molecule has 1 aromatic rings. The molecule has 0 aliphatic heterocycles. The van der Waals surface area contributed by atoms with Crippen LogP contribution < -0.4 is 10.6 Å². The van der Waals surface area contributed by atoms with Gasteiger partial charge in [0.05, 0.1) is 11.6 Å². The van der Waals surface area contributed by atoms with Gasteiger partial charge in [0.15, 0.2) is 0 Å². The Labute approximate surface area is 84.7 Å². The zero-order valence-corrected chi connectivity index (χ0v) is 8.38. The van der Waals surface area contributed by atoms with Gasteiger partial charge in [-0.25, -0.2) is 0 Å². The largest absolute Gasteiger partial charge is 0.385 e. The minimum Gasteiger partial charge on any atom is -0.385 e. The second-order valence-corrected chi connectivity index (χ2v) is 3.07. The van der Waals surface area contributed by atoms with E-state index in [1.807, 2.05) is 31.3 Å². The van der Waals surface area contributed by atoms with Gasteiger partial charge in [0, 0.05) is 12.2 Å². The lowest BCUT2D eigenvalue weighted by molar-refractivity contribution is 0.748. The van der Waals surface area contributed by atoms with Crippen molar-refractivity contribution in [2.45, 2.75) is 6.42 Å². The molecule has 0 unspecified atom stereocenters. The summed E-state index contributed by atoms with van der Waals surface area (Å²) in [4.78, 5) is 0. The van der Waals surface area contributed by atoms with Crippen LogP contribution in [0.15, 0.2) is 24.3 Å². The van der Waals surface area contributed by atoms with Crippen LogP contribution in [0.5, 0.6) is 0 Å². The molecule has 1 rings (SSSR count). The van der Waals surface area contributed by atoms with Crippen molar-refractivity contribution >= 4 is 5.69 Å². The van der Waals surface area contributed by atoms with Crippen LogP contribution in [0.25, 0.3) is 0 Å². The maximum Gasteiger partial charge on any atom is 0.0991 e. The Balaban J connectivity index is 2.33. The first-order valence-electron chi connectivity index (χ1n) is 4.75. The van der Waals surface area contributed by atoms with E-state index >= 15 is 0 Å². The zero-order chi connectivity index (χ0) is 10.2. The van der Waals surface area contributed by atoms with Crippen molar-refractivity contribution in [1.29, 1.82) is 5.26 Å². The molecule has 0 aliphatic carbocycles. The Morgan fingerprint density at radius 3 is 2.50 bits per heavy atom. The number of anilines is 1. The van der Waals surface area contributed by atoms with Crippen LogP contribution in [-0.2, 0) is 0 Å². The van der Waals surface area contributed by atoms with Gasteiger partial charge in [-0.05, 0) is 44.3 Å². The second kappa shape index (κ2) is 6.01. The van der Waals surface area contributed by atoms with Gasteiger partial charge < -0.3 is 10.6 Å². The molecule has 0 spiro atoms. The van der Waals surface area contributed by atoms with Gasteiger partial charge in [-0.15, -0.1) is 0 Å². The topological polar surface area (TPSA) is 47.8 Å². The van der Waals surface area contributed by atoms with E-state index in [2.05, 4.69) is 16.7 Å². The molecule has 3 nitrogen and oxygen atoms in total. The fourth-order valence-corrected chi connectivity index (χ4v) is 1.16.